The SMILES string of the molecule is C=CCCCN(C)S(=O)(=O)c1ccnc(Cl)c1. The molecular formula is C11H15ClN2O2S. The van der Waals surface area contributed by atoms with Crippen LogP contribution in [0.25, 0.3) is 0 Å². The molecule has 0 amide bonds. The normalized spacial score (nSPS) is 11.7. The van der Waals surface area contributed by atoms with E-state index in [9.17, 15) is 8.42 Å². The molecule has 1 aromatic heterocycles. The van der Waals surface area contributed by atoms with E-state index in [1.807, 2.05) is 0 Å². The minimum absolute atomic E-state index is 0.165. The van der Waals surface area contributed by atoms with Crippen LogP contribution in [0, 0.1) is 0 Å². The van der Waals surface area contributed by atoms with E-state index in [0.29, 0.717) is 6.54 Å². The fourth-order valence-electron chi connectivity index (χ4n) is 1.30. The van der Waals surface area contributed by atoms with Crippen molar-refractivity contribution >= 4 is 21.6 Å². The van der Waals surface area contributed by atoms with Gasteiger partial charge in [0.05, 0.1) is 4.90 Å². The van der Waals surface area contributed by atoms with Crippen LogP contribution in [-0.4, -0.2) is 31.3 Å². The molecule has 0 saturated heterocycles. The van der Waals surface area contributed by atoms with Crippen molar-refractivity contribution < 1.29 is 8.42 Å². The smallest absolute Gasteiger partial charge is 0.242 e. The molecule has 1 heterocycles. The minimum Gasteiger partial charge on any atom is -0.244 e. The zero-order valence-corrected chi connectivity index (χ0v) is 11.2. The number of nitrogens with zero attached hydrogens (tertiary/aromatic N) is 2. The Morgan fingerprint density at radius 3 is 2.88 bits per heavy atom. The summed E-state index contributed by atoms with van der Waals surface area (Å²) in [5, 5.41) is 0.172. The molecule has 0 unspecified atom stereocenters. The fourth-order valence-corrected chi connectivity index (χ4v) is 2.76. The van der Waals surface area contributed by atoms with Gasteiger partial charge in [0.25, 0.3) is 0 Å². The second-order valence-electron chi connectivity index (χ2n) is 3.57. The minimum atomic E-state index is -3.47. The van der Waals surface area contributed by atoms with Gasteiger partial charge in [0.2, 0.25) is 10.0 Å². The lowest BCUT2D eigenvalue weighted by Gasteiger charge is -2.16. The van der Waals surface area contributed by atoms with Gasteiger partial charge in [-0.25, -0.2) is 17.7 Å². The van der Waals surface area contributed by atoms with Crippen LogP contribution in [0.2, 0.25) is 5.15 Å². The number of unbranched alkanes of at least 4 members (excludes halogenated alkanes) is 1. The Balaban J connectivity index is 2.83. The van der Waals surface area contributed by atoms with Crippen LogP contribution in [0.5, 0.6) is 0 Å². The van der Waals surface area contributed by atoms with Crippen LogP contribution < -0.4 is 0 Å². The van der Waals surface area contributed by atoms with E-state index in [1.54, 1.807) is 13.1 Å². The predicted molar refractivity (Wildman–Crippen MR) is 68.5 cm³/mol. The summed E-state index contributed by atoms with van der Waals surface area (Å²) >= 11 is 5.68. The summed E-state index contributed by atoms with van der Waals surface area (Å²) in [5.74, 6) is 0. The van der Waals surface area contributed by atoms with Crippen LogP contribution in [0.15, 0.2) is 35.9 Å². The molecule has 0 aliphatic heterocycles. The molecule has 4 nitrogen and oxygen atoms in total. The molecule has 17 heavy (non-hydrogen) atoms. The van der Waals surface area contributed by atoms with Crippen molar-refractivity contribution in [1.82, 2.24) is 9.29 Å². The van der Waals surface area contributed by atoms with Gasteiger partial charge in [-0.1, -0.05) is 17.7 Å². The standard InChI is InChI=1S/C11H15ClN2O2S/c1-3-4-5-8-14(2)17(15,16)10-6-7-13-11(12)9-10/h3,6-7,9H,1,4-5,8H2,2H3. The molecule has 0 atom stereocenters. The van der Waals surface area contributed by atoms with Crippen LogP contribution in [0.3, 0.4) is 0 Å². The molecule has 0 radical (unpaired) electrons. The van der Waals surface area contributed by atoms with Crippen molar-refractivity contribution in [3.05, 3.63) is 36.1 Å². The molecule has 0 fully saturated rings. The summed E-state index contributed by atoms with van der Waals surface area (Å²) in [7, 11) is -1.92. The average molecular weight is 275 g/mol. The van der Waals surface area contributed by atoms with Gasteiger partial charge in [-0.15, -0.1) is 6.58 Å². The van der Waals surface area contributed by atoms with Crippen LogP contribution in [0.4, 0.5) is 0 Å². The Labute approximate surface area is 107 Å². The van der Waals surface area contributed by atoms with Gasteiger partial charge < -0.3 is 0 Å². The van der Waals surface area contributed by atoms with E-state index in [1.165, 1.54) is 22.6 Å². The molecule has 0 aliphatic rings. The third kappa shape index (κ3) is 3.80. The van der Waals surface area contributed by atoms with Gasteiger partial charge >= 0.3 is 0 Å². The summed E-state index contributed by atoms with van der Waals surface area (Å²) in [5.41, 5.74) is 0. The first-order chi connectivity index (χ1) is 7.98. The molecule has 0 bridgehead atoms. The molecule has 0 aliphatic carbocycles. The summed E-state index contributed by atoms with van der Waals surface area (Å²) < 4.78 is 25.5. The molecule has 0 aromatic carbocycles. The highest BCUT2D eigenvalue weighted by atomic mass is 35.5. The molecule has 94 valence electrons. The maximum absolute atomic E-state index is 12.1. The summed E-state index contributed by atoms with van der Waals surface area (Å²) in [6, 6.07) is 2.78. The van der Waals surface area contributed by atoms with Gasteiger partial charge in [-0.3, -0.25) is 0 Å². The molecule has 0 saturated carbocycles. The average Bonchev–Trinajstić information content (AvgIpc) is 2.29. The van der Waals surface area contributed by atoms with Gasteiger partial charge in [0.1, 0.15) is 5.15 Å². The maximum Gasteiger partial charge on any atom is 0.242 e. The first-order valence-electron chi connectivity index (χ1n) is 5.17. The van der Waals surface area contributed by atoms with Gasteiger partial charge in [0, 0.05) is 19.8 Å². The van der Waals surface area contributed by atoms with Gasteiger partial charge in [0.15, 0.2) is 0 Å². The number of hydrogen-bond acceptors (Lipinski definition) is 3. The van der Waals surface area contributed by atoms with Crippen molar-refractivity contribution in [1.29, 1.82) is 0 Å². The van der Waals surface area contributed by atoms with Crippen LogP contribution >= 0.6 is 11.6 Å². The van der Waals surface area contributed by atoms with E-state index < -0.39 is 10.0 Å². The van der Waals surface area contributed by atoms with Gasteiger partial charge in [-0.05, 0) is 25.0 Å². The van der Waals surface area contributed by atoms with E-state index in [0.717, 1.165) is 12.8 Å². The number of pyridine rings is 1. The Kier molecular flexibility index (Phi) is 5.11. The Bertz CT molecular complexity index is 488. The lowest BCUT2D eigenvalue weighted by Crippen LogP contribution is -2.27. The second kappa shape index (κ2) is 6.14. The lowest BCUT2D eigenvalue weighted by molar-refractivity contribution is 0.462. The van der Waals surface area contributed by atoms with Crippen molar-refractivity contribution in [2.24, 2.45) is 0 Å². The van der Waals surface area contributed by atoms with Crippen molar-refractivity contribution in [3.63, 3.8) is 0 Å². The quantitative estimate of drug-likeness (QED) is 0.454. The van der Waals surface area contributed by atoms with Crippen molar-refractivity contribution in [2.45, 2.75) is 17.7 Å². The number of hydrogen-bond donors (Lipinski definition) is 0. The summed E-state index contributed by atoms with van der Waals surface area (Å²) in [6.45, 7) is 4.05. The van der Waals surface area contributed by atoms with Crippen LogP contribution in [0.1, 0.15) is 12.8 Å². The highest BCUT2D eigenvalue weighted by Crippen LogP contribution is 2.17. The Hall–Kier alpha value is -0.910. The third-order valence-electron chi connectivity index (χ3n) is 2.29. The van der Waals surface area contributed by atoms with Crippen molar-refractivity contribution in [2.75, 3.05) is 13.6 Å². The highest BCUT2D eigenvalue weighted by Gasteiger charge is 2.20. The number of allylic oxidation sites excluding steroid dienone is 1. The fraction of sp³-hybridized carbons (Fsp3) is 0.364. The predicted octanol–water partition coefficient (Wildman–Crippen LogP) is 2.32. The van der Waals surface area contributed by atoms with E-state index in [4.69, 9.17) is 11.6 Å². The first-order valence-corrected chi connectivity index (χ1v) is 6.99. The highest BCUT2D eigenvalue weighted by molar-refractivity contribution is 7.89. The monoisotopic (exact) mass is 274 g/mol. The molecule has 1 aromatic rings. The van der Waals surface area contributed by atoms with E-state index >= 15 is 0 Å². The third-order valence-corrected chi connectivity index (χ3v) is 4.35. The molecular weight excluding hydrogens is 260 g/mol. The number of halogens is 1. The zero-order chi connectivity index (χ0) is 12.9. The van der Waals surface area contributed by atoms with Crippen molar-refractivity contribution in [3.8, 4) is 0 Å². The number of sulfonamides is 1. The molecule has 0 N–H and O–H groups in total. The number of rotatable bonds is 6. The van der Waals surface area contributed by atoms with Crippen LogP contribution in [-0.2, 0) is 10.0 Å². The summed E-state index contributed by atoms with van der Waals surface area (Å²) in [6.07, 6.45) is 4.69. The number of aromatic nitrogens is 1. The lowest BCUT2D eigenvalue weighted by atomic mass is 10.3. The second-order valence-corrected chi connectivity index (χ2v) is 6.00. The Morgan fingerprint density at radius 2 is 2.29 bits per heavy atom. The molecule has 1 rings (SSSR count). The first kappa shape index (κ1) is 14.2. The maximum atomic E-state index is 12.1. The zero-order valence-electron chi connectivity index (χ0n) is 9.63. The Morgan fingerprint density at radius 1 is 1.59 bits per heavy atom. The van der Waals surface area contributed by atoms with E-state index in [2.05, 4.69) is 11.6 Å². The topological polar surface area (TPSA) is 50.3 Å². The van der Waals surface area contributed by atoms with E-state index in [-0.39, 0.29) is 10.0 Å². The summed E-state index contributed by atoms with van der Waals surface area (Å²) in [4.78, 5) is 3.92. The molecule has 6 heteroatoms. The molecule has 0 spiro atoms. The van der Waals surface area contributed by atoms with Gasteiger partial charge in [-0.2, -0.15) is 0 Å². The largest absolute Gasteiger partial charge is 0.244 e.